The van der Waals surface area contributed by atoms with Crippen molar-refractivity contribution in [2.45, 2.75) is 32.1 Å². The van der Waals surface area contributed by atoms with Gasteiger partial charge in [-0.1, -0.05) is 29.8 Å². The SMILES string of the molecule is CC(C)NC(=O)[C@@H]1OCO[C@H]1CNc1ncc2cc(-c3ccccc3Cl)c(=O)n(-c3ccc(F)cc3)c2n1. The number of nitrogens with one attached hydrogen (secondary N) is 2. The molecule has 1 aliphatic heterocycles. The number of anilines is 1. The van der Waals surface area contributed by atoms with E-state index in [0.717, 1.165) is 0 Å². The molecule has 2 atom stereocenters. The van der Waals surface area contributed by atoms with Crippen molar-refractivity contribution in [1.82, 2.24) is 19.9 Å². The summed E-state index contributed by atoms with van der Waals surface area (Å²) in [6.45, 7) is 3.92. The molecule has 0 saturated carbocycles. The van der Waals surface area contributed by atoms with Gasteiger partial charge in [0, 0.05) is 40.3 Å². The van der Waals surface area contributed by atoms with E-state index in [4.69, 9.17) is 21.1 Å². The van der Waals surface area contributed by atoms with Crippen LogP contribution in [0.4, 0.5) is 10.3 Å². The summed E-state index contributed by atoms with van der Waals surface area (Å²) in [4.78, 5) is 35.2. The zero-order valence-electron chi connectivity index (χ0n) is 20.7. The highest BCUT2D eigenvalue weighted by Gasteiger charge is 2.35. The maximum atomic E-state index is 13.8. The van der Waals surface area contributed by atoms with E-state index in [1.807, 2.05) is 13.8 Å². The molecule has 2 aromatic carbocycles. The summed E-state index contributed by atoms with van der Waals surface area (Å²) >= 11 is 6.40. The maximum absolute atomic E-state index is 13.8. The fraction of sp³-hybridized carbons (Fsp3) is 0.259. The monoisotopic (exact) mass is 537 g/mol. The van der Waals surface area contributed by atoms with E-state index in [1.165, 1.54) is 28.8 Å². The number of halogens is 2. The van der Waals surface area contributed by atoms with Crippen LogP contribution in [0, 0.1) is 5.82 Å². The molecule has 2 N–H and O–H groups in total. The first kappa shape index (κ1) is 25.8. The number of pyridine rings is 1. The Kier molecular flexibility index (Phi) is 7.37. The molecule has 4 aromatic rings. The number of benzene rings is 2. The quantitative estimate of drug-likeness (QED) is 0.368. The molecule has 1 saturated heterocycles. The van der Waals surface area contributed by atoms with Gasteiger partial charge in [0.2, 0.25) is 5.95 Å². The van der Waals surface area contributed by atoms with E-state index >= 15 is 0 Å². The number of carbonyl (C=O) groups excluding carboxylic acids is 1. The van der Waals surface area contributed by atoms with Gasteiger partial charge in [0.25, 0.3) is 11.5 Å². The Bertz CT molecular complexity index is 1540. The Morgan fingerprint density at radius 2 is 1.92 bits per heavy atom. The Labute approximate surface area is 222 Å². The predicted octanol–water partition coefficient (Wildman–Crippen LogP) is 3.92. The zero-order valence-corrected chi connectivity index (χ0v) is 21.4. The van der Waals surface area contributed by atoms with Gasteiger partial charge in [-0.25, -0.2) is 9.37 Å². The molecule has 196 valence electrons. The maximum Gasteiger partial charge on any atom is 0.264 e. The van der Waals surface area contributed by atoms with Crippen LogP contribution in [-0.2, 0) is 14.3 Å². The van der Waals surface area contributed by atoms with Crippen LogP contribution in [0.2, 0.25) is 5.02 Å². The van der Waals surface area contributed by atoms with Gasteiger partial charge in [0.15, 0.2) is 11.8 Å². The van der Waals surface area contributed by atoms with Gasteiger partial charge >= 0.3 is 0 Å². The van der Waals surface area contributed by atoms with E-state index < -0.39 is 18.0 Å². The normalized spacial score (nSPS) is 17.2. The van der Waals surface area contributed by atoms with Crippen molar-refractivity contribution in [2.24, 2.45) is 0 Å². The number of rotatable bonds is 7. The van der Waals surface area contributed by atoms with Crippen LogP contribution in [0.25, 0.3) is 27.8 Å². The smallest absolute Gasteiger partial charge is 0.264 e. The topological polar surface area (TPSA) is 107 Å². The molecular formula is C27H25ClFN5O4. The van der Waals surface area contributed by atoms with Crippen LogP contribution in [0.15, 0.2) is 65.6 Å². The standard InChI is InChI=1S/C27H25ClFN5O4/c1-15(2)32-25(35)23-22(37-14-38-23)13-31-27-30-12-16-11-20(19-5-3-4-6-21(19)28)26(36)34(24(16)33-27)18-9-7-17(29)8-10-18/h3-12,15,22-23H,13-14H2,1-2H3,(H,32,35)(H,30,31,33)/t22-,23+/m0/s1. The lowest BCUT2D eigenvalue weighted by Crippen LogP contribution is -2.45. The molecule has 9 nitrogen and oxygen atoms in total. The number of hydrogen-bond donors (Lipinski definition) is 2. The summed E-state index contributed by atoms with van der Waals surface area (Å²) in [5, 5.41) is 6.89. The Balaban J connectivity index is 1.53. The minimum absolute atomic E-state index is 0.00393. The van der Waals surface area contributed by atoms with Crippen molar-refractivity contribution in [3.8, 4) is 16.8 Å². The highest BCUT2D eigenvalue weighted by atomic mass is 35.5. The van der Waals surface area contributed by atoms with Crippen LogP contribution in [0.3, 0.4) is 0 Å². The summed E-state index contributed by atoms with van der Waals surface area (Å²) in [5.41, 5.74) is 1.28. The van der Waals surface area contributed by atoms with E-state index in [2.05, 4.69) is 20.6 Å². The highest BCUT2D eigenvalue weighted by Crippen LogP contribution is 2.28. The molecule has 1 fully saturated rings. The number of ether oxygens (including phenoxy) is 2. The number of hydrogen-bond acceptors (Lipinski definition) is 7. The van der Waals surface area contributed by atoms with Crippen molar-refractivity contribution < 1.29 is 18.7 Å². The van der Waals surface area contributed by atoms with Crippen LogP contribution >= 0.6 is 11.6 Å². The molecule has 0 aliphatic carbocycles. The molecule has 11 heteroatoms. The van der Waals surface area contributed by atoms with Gasteiger partial charge in [-0.15, -0.1) is 0 Å². The molecule has 3 heterocycles. The second-order valence-electron chi connectivity index (χ2n) is 9.08. The first-order valence-corrected chi connectivity index (χ1v) is 12.4. The van der Waals surface area contributed by atoms with Gasteiger partial charge in [-0.3, -0.25) is 14.2 Å². The van der Waals surface area contributed by atoms with E-state index in [-0.39, 0.29) is 36.8 Å². The highest BCUT2D eigenvalue weighted by molar-refractivity contribution is 6.33. The molecule has 0 spiro atoms. The molecule has 1 aliphatic rings. The lowest BCUT2D eigenvalue weighted by Gasteiger charge is -2.19. The molecule has 0 unspecified atom stereocenters. The molecule has 38 heavy (non-hydrogen) atoms. The molecular weight excluding hydrogens is 513 g/mol. The Hall–Kier alpha value is -3.86. The van der Waals surface area contributed by atoms with Crippen LogP contribution in [0.5, 0.6) is 0 Å². The summed E-state index contributed by atoms with van der Waals surface area (Å²) < 4.78 is 26.1. The van der Waals surface area contributed by atoms with Crippen molar-refractivity contribution in [3.05, 3.63) is 82.0 Å². The third-order valence-electron chi connectivity index (χ3n) is 6.01. The van der Waals surface area contributed by atoms with Crippen molar-refractivity contribution >= 4 is 34.5 Å². The molecule has 0 radical (unpaired) electrons. The van der Waals surface area contributed by atoms with Gasteiger partial charge in [0.1, 0.15) is 18.7 Å². The fourth-order valence-corrected chi connectivity index (χ4v) is 4.49. The van der Waals surface area contributed by atoms with Crippen LogP contribution < -0.4 is 16.2 Å². The first-order valence-electron chi connectivity index (χ1n) is 12.0. The van der Waals surface area contributed by atoms with Crippen LogP contribution in [-0.4, -0.2) is 52.0 Å². The largest absolute Gasteiger partial charge is 0.352 e. The minimum atomic E-state index is -0.777. The molecule has 5 rings (SSSR count). The third-order valence-corrected chi connectivity index (χ3v) is 6.34. The zero-order chi connectivity index (χ0) is 26.8. The summed E-state index contributed by atoms with van der Waals surface area (Å²) in [5.74, 6) is -0.474. The molecule has 2 aromatic heterocycles. The lowest BCUT2D eigenvalue weighted by atomic mass is 10.1. The number of carbonyl (C=O) groups is 1. The lowest BCUT2D eigenvalue weighted by molar-refractivity contribution is -0.130. The molecule has 1 amide bonds. The molecule has 0 bridgehead atoms. The van der Waals surface area contributed by atoms with E-state index in [0.29, 0.717) is 32.9 Å². The fourth-order valence-electron chi connectivity index (χ4n) is 4.25. The van der Waals surface area contributed by atoms with E-state index in [1.54, 1.807) is 36.5 Å². The second-order valence-corrected chi connectivity index (χ2v) is 9.49. The number of amides is 1. The summed E-state index contributed by atoms with van der Waals surface area (Å²) in [6, 6.07) is 14.2. The second kappa shape index (κ2) is 10.9. The van der Waals surface area contributed by atoms with Crippen molar-refractivity contribution in [2.75, 3.05) is 18.7 Å². The van der Waals surface area contributed by atoms with Gasteiger partial charge in [-0.05, 0) is 50.2 Å². The number of fused-ring (bicyclic) bond motifs is 1. The van der Waals surface area contributed by atoms with Gasteiger partial charge in [0.05, 0.1) is 5.69 Å². The van der Waals surface area contributed by atoms with Crippen molar-refractivity contribution in [1.29, 1.82) is 0 Å². The van der Waals surface area contributed by atoms with Gasteiger partial charge in [-0.2, -0.15) is 4.98 Å². The minimum Gasteiger partial charge on any atom is -0.352 e. The Morgan fingerprint density at radius 1 is 1.16 bits per heavy atom. The first-order chi connectivity index (χ1) is 18.3. The number of nitrogens with zero attached hydrogens (tertiary/aromatic N) is 3. The summed E-state index contributed by atoms with van der Waals surface area (Å²) in [7, 11) is 0. The summed E-state index contributed by atoms with van der Waals surface area (Å²) in [6.07, 6.45) is 0.246. The van der Waals surface area contributed by atoms with Crippen molar-refractivity contribution in [3.63, 3.8) is 0 Å². The third kappa shape index (κ3) is 5.24. The van der Waals surface area contributed by atoms with Crippen LogP contribution in [0.1, 0.15) is 13.8 Å². The average Bonchev–Trinajstić information content (AvgIpc) is 3.37. The Morgan fingerprint density at radius 3 is 2.66 bits per heavy atom. The predicted molar refractivity (Wildman–Crippen MR) is 142 cm³/mol. The van der Waals surface area contributed by atoms with Gasteiger partial charge < -0.3 is 20.1 Å². The van der Waals surface area contributed by atoms with E-state index in [9.17, 15) is 14.0 Å². The average molecular weight is 538 g/mol. The number of aromatic nitrogens is 3.